The minimum Gasteiger partial charge on any atom is -0.491 e. The highest BCUT2D eigenvalue weighted by molar-refractivity contribution is 5.88. The molecule has 0 aliphatic carbocycles. The average Bonchev–Trinajstić information content (AvgIpc) is 2.46. The zero-order chi connectivity index (χ0) is 15.4. The highest BCUT2D eigenvalue weighted by Gasteiger charge is 2.10. The lowest BCUT2D eigenvalue weighted by Crippen LogP contribution is -2.05. The first kappa shape index (κ1) is 15.2. The van der Waals surface area contributed by atoms with Crippen molar-refractivity contribution in [1.29, 1.82) is 0 Å². The molecule has 4 heteroatoms. The maximum atomic E-state index is 12.6. The van der Waals surface area contributed by atoms with Gasteiger partial charge in [-0.2, -0.15) is 0 Å². The molecule has 0 aliphatic rings. The van der Waals surface area contributed by atoms with E-state index in [4.69, 9.17) is 4.74 Å². The molecule has 21 heavy (non-hydrogen) atoms. The lowest BCUT2D eigenvalue weighted by Gasteiger charge is -2.13. The smallest absolute Gasteiger partial charge is 0.263 e. The van der Waals surface area contributed by atoms with E-state index < -0.39 is 6.43 Å². The molecule has 0 heterocycles. The highest BCUT2D eigenvalue weighted by atomic mass is 19.3. The van der Waals surface area contributed by atoms with Gasteiger partial charge in [-0.05, 0) is 43.2 Å². The maximum Gasteiger partial charge on any atom is 0.263 e. The third-order valence-corrected chi connectivity index (χ3v) is 3.00. The van der Waals surface area contributed by atoms with Crippen molar-refractivity contribution in [3.8, 4) is 16.9 Å². The molecule has 2 rings (SSSR count). The molecule has 2 aromatic rings. The molecular weight excluding hydrogens is 274 g/mol. The van der Waals surface area contributed by atoms with Gasteiger partial charge in [0.1, 0.15) is 5.75 Å². The molecule has 0 amide bonds. The standard InChI is InChI=1S/C17H16F2O2/c1-11(2)21-15-8-7-14(10-20)16(9-15)12-3-5-13(6-4-12)17(18)19/h3-11,17H,1-2H3. The monoisotopic (exact) mass is 290 g/mol. The molecule has 0 N–H and O–H groups in total. The van der Waals surface area contributed by atoms with Crippen LogP contribution in [-0.4, -0.2) is 12.4 Å². The summed E-state index contributed by atoms with van der Waals surface area (Å²) in [6.45, 7) is 3.81. The quantitative estimate of drug-likeness (QED) is 0.733. The predicted molar refractivity (Wildman–Crippen MR) is 78.0 cm³/mol. The van der Waals surface area contributed by atoms with Gasteiger partial charge >= 0.3 is 0 Å². The lowest BCUT2D eigenvalue weighted by atomic mass is 9.99. The molecular formula is C17H16F2O2. The number of rotatable bonds is 5. The van der Waals surface area contributed by atoms with E-state index in [1.54, 1.807) is 30.3 Å². The highest BCUT2D eigenvalue weighted by Crippen LogP contribution is 2.29. The summed E-state index contributed by atoms with van der Waals surface area (Å²) in [6.07, 6.45) is -1.74. The van der Waals surface area contributed by atoms with Crippen LogP contribution in [0.5, 0.6) is 5.75 Å². The Morgan fingerprint density at radius 3 is 2.24 bits per heavy atom. The summed E-state index contributed by atoms with van der Waals surface area (Å²) >= 11 is 0. The maximum absolute atomic E-state index is 12.6. The van der Waals surface area contributed by atoms with E-state index in [-0.39, 0.29) is 11.7 Å². The lowest BCUT2D eigenvalue weighted by molar-refractivity contribution is 0.112. The fraction of sp³-hybridized carbons (Fsp3) is 0.235. The van der Waals surface area contributed by atoms with Crippen molar-refractivity contribution < 1.29 is 18.3 Å². The number of halogens is 2. The van der Waals surface area contributed by atoms with Crippen LogP contribution in [0.2, 0.25) is 0 Å². The molecule has 0 saturated carbocycles. The molecule has 0 bridgehead atoms. The first-order valence-electron chi connectivity index (χ1n) is 6.65. The molecule has 0 radical (unpaired) electrons. The minimum absolute atomic E-state index is 0.0149. The van der Waals surface area contributed by atoms with Crippen LogP contribution >= 0.6 is 0 Å². The number of hydrogen-bond donors (Lipinski definition) is 0. The van der Waals surface area contributed by atoms with Crippen LogP contribution in [-0.2, 0) is 0 Å². The summed E-state index contributed by atoms with van der Waals surface area (Å²) < 4.78 is 30.8. The summed E-state index contributed by atoms with van der Waals surface area (Å²) in [5.41, 5.74) is 1.83. The first-order valence-corrected chi connectivity index (χ1v) is 6.65. The van der Waals surface area contributed by atoms with E-state index in [0.717, 1.165) is 6.29 Å². The van der Waals surface area contributed by atoms with E-state index in [1.165, 1.54) is 12.1 Å². The second-order valence-electron chi connectivity index (χ2n) is 4.96. The summed E-state index contributed by atoms with van der Waals surface area (Å²) in [5, 5.41) is 0. The third-order valence-electron chi connectivity index (χ3n) is 3.00. The topological polar surface area (TPSA) is 26.3 Å². The molecule has 0 atom stereocenters. The Bertz CT molecular complexity index is 619. The van der Waals surface area contributed by atoms with Crippen LogP contribution in [0.25, 0.3) is 11.1 Å². The molecule has 2 aromatic carbocycles. The van der Waals surface area contributed by atoms with Crippen molar-refractivity contribution in [3.05, 3.63) is 53.6 Å². The second kappa shape index (κ2) is 6.48. The van der Waals surface area contributed by atoms with Gasteiger partial charge in [0.2, 0.25) is 0 Å². The summed E-state index contributed by atoms with van der Waals surface area (Å²) in [6, 6.07) is 11.0. The van der Waals surface area contributed by atoms with E-state index >= 15 is 0 Å². The van der Waals surface area contributed by atoms with Crippen LogP contribution in [0.3, 0.4) is 0 Å². The Kier molecular flexibility index (Phi) is 4.68. The Balaban J connectivity index is 2.42. The van der Waals surface area contributed by atoms with Gasteiger partial charge in [0, 0.05) is 11.1 Å². The Morgan fingerprint density at radius 1 is 1.05 bits per heavy atom. The molecule has 2 nitrogen and oxygen atoms in total. The SMILES string of the molecule is CC(C)Oc1ccc(C=O)c(-c2ccc(C(F)F)cc2)c1. The van der Waals surface area contributed by atoms with Crippen LogP contribution in [0.4, 0.5) is 8.78 Å². The third kappa shape index (κ3) is 3.66. The van der Waals surface area contributed by atoms with Crippen molar-refractivity contribution in [2.75, 3.05) is 0 Å². The van der Waals surface area contributed by atoms with Crippen molar-refractivity contribution >= 4 is 6.29 Å². The van der Waals surface area contributed by atoms with Gasteiger partial charge in [-0.15, -0.1) is 0 Å². The van der Waals surface area contributed by atoms with Crippen LogP contribution in [0, 0.1) is 0 Å². The van der Waals surface area contributed by atoms with Crippen LogP contribution in [0.1, 0.15) is 36.2 Å². The number of carbonyl (C=O) groups excluding carboxylic acids is 1. The fourth-order valence-corrected chi connectivity index (χ4v) is 2.04. The van der Waals surface area contributed by atoms with E-state index in [2.05, 4.69) is 0 Å². The van der Waals surface area contributed by atoms with Crippen LogP contribution < -0.4 is 4.74 Å². The Labute approximate surface area is 122 Å². The number of carbonyl (C=O) groups is 1. The zero-order valence-corrected chi connectivity index (χ0v) is 11.8. The number of hydrogen-bond acceptors (Lipinski definition) is 2. The van der Waals surface area contributed by atoms with Gasteiger partial charge in [0.05, 0.1) is 6.10 Å². The Hall–Kier alpha value is -2.23. The van der Waals surface area contributed by atoms with Gasteiger partial charge < -0.3 is 4.74 Å². The predicted octanol–water partition coefficient (Wildman–Crippen LogP) is 4.89. The van der Waals surface area contributed by atoms with E-state index in [0.29, 0.717) is 22.4 Å². The number of ether oxygens (including phenoxy) is 1. The van der Waals surface area contributed by atoms with Crippen molar-refractivity contribution in [1.82, 2.24) is 0 Å². The van der Waals surface area contributed by atoms with E-state index in [9.17, 15) is 13.6 Å². The van der Waals surface area contributed by atoms with Gasteiger partial charge in [-0.25, -0.2) is 8.78 Å². The summed E-state index contributed by atoms with van der Waals surface area (Å²) in [7, 11) is 0. The molecule has 110 valence electrons. The van der Waals surface area contributed by atoms with Gasteiger partial charge in [-0.1, -0.05) is 24.3 Å². The number of aldehydes is 1. The van der Waals surface area contributed by atoms with Crippen molar-refractivity contribution in [3.63, 3.8) is 0 Å². The van der Waals surface area contributed by atoms with E-state index in [1.807, 2.05) is 13.8 Å². The second-order valence-corrected chi connectivity index (χ2v) is 4.96. The van der Waals surface area contributed by atoms with Gasteiger partial charge in [-0.3, -0.25) is 4.79 Å². The molecule has 0 unspecified atom stereocenters. The number of benzene rings is 2. The zero-order valence-electron chi connectivity index (χ0n) is 11.8. The average molecular weight is 290 g/mol. The molecule has 0 fully saturated rings. The molecule has 0 spiro atoms. The van der Waals surface area contributed by atoms with Gasteiger partial charge in [0.15, 0.2) is 6.29 Å². The molecule has 0 aliphatic heterocycles. The first-order chi connectivity index (χ1) is 10.0. The Morgan fingerprint density at radius 2 is 1.71 bits per heavy atom. The normalized spacial score (nSPS) is 11.0. The molecule has 0 saturated heterocycles. The van der Waals surface area contributed by atoms with Crippen molar-refractivity contribution in [2.24, 2.45) is 0 Å². The minimum atomic E-state index is -2.50. The van der Waals surface area contributed by atoms with Crippen molar-refractivity contribution in [2.45, 2.75) is 26.4 Å². The summed E-state index contributed by atoms with van der Waals surface area (Å²) in [4.78, 5) is 11.1. The van der Waals surface area contributed by atoms with Crippen LogP contribution in [0.15, 0.2) is 42.5 Å². The molecule has 0 aromatic heterocycles. The summed E-state index contributed by atoms with van der Waals surface area (Å²) in [5.74, 6) is 0.642. The number of alkyl halides is 2. The fourth-order valence-electron chi connectivity index (χ4n) is 2.04. The van der Waals surface area contributed by atoms with Gasteiger partial charge in [0.25, 0.3) is 6.43 Å². The largest absolute Gasteiger partial charge is 0.491 e.